The van der Waals surface area contributed by atoms with Crippen LogP contribution in [0.15, 0.2) is 12.1 Å². The summed E-state index contributed by atoms with van der Waals surface area (Å²) in [7, 11) is 0. The molecule has 0 amide bonds. The number of aromatic nitrogens is 1. The molecule has 2 heterocycles. The van der Waals surface area contributed by atoms with Crippen LogP contribution in [0, 0.1) is 0 Å². The van der Waals surface area contributed by atoms with Gasteiger partial charge in [0.2, 0.25) is 0 Å². The van der Waals surface area contributed by atoms with Crippen molar-refractivity contribution in [3.8, 4) is 5.75 Å². The molecule has 1 aliphatic heterocycles. The molecule has 0 aromatic carbocycles. The monoisotopic (exact) mass is 256 g/mol. The van der Waals surface area contributed by atoms with E-state index in [1.807, 2.05) is 0 Å². The number of rotatable bonds is 2. The van der Waals surface area contributed by atoms with Crippen molar-refractivity contribution in [2.45, 2.75) is 6.92 Å². The number of carbonyl (C=O) groups is 1. The average molecular weight is 257 g/mol. The molecule has 0 atom stereocenters. The van der Waals surface area contributed by atoms with Crippen molar-refractivity contribution in [1.82, 2.24) is 4.98 Å². The molecule has 1 aromatic heterocycles. The second-order valence-electron chi connectivity index (χ2n) is 3.65. The fraction of sp³-hybridized carbons (Fsp3) is 0.455. The number of nitrogens with zero attached hydrogens (tertiary/aromatic N) is 2. The molecule has 0 saturated carbocycles. The highest BCUT2D eigenvalue weighted by Crippen LogP contribution is 2.26. The Labute approximate surface area is 104 Å². The van der Waals surface area contributed by atoms with Crippen molar-refractivity contribution in [3.05, 3.63) is 17.3 Å². The van der Waals surface area contributed by atoms with Gasteiger partial charge in [0.25, 0.3) is 0 Å². The Morgan fingerprint density at radius 2 is 2.18 bits per heavy atom. The van der Waals surface area contributed by atoms with Gasteiger partial charge in [-0.25, -0.2) is 4.98 Å². The van der Waals surface area contributed by atoms with Gasteiger partial charge < -0.3 is 14.4 Å². The van der Waals surface area contributed by atoms with E-state index in [4.69, 9.17) is 21.1 Å². The van der Waals surface area contributed by atoms with Crippen molar-refractivity contribution in [2.75, 3.05) is 31.2 Å². The third kappa shape index (κ3) is 3.08. The van der Waals surface area contributed by atoms with Gasteiger partial charge in [0.05, 0.1) is 13.2 Å². The third-order valence-corrected chi connectivity index (χ3v) is 2.66. The second kappa shape index (κ2) is 5.33. The normalized spacial score (nSPS) is 15.8. The summed E-state index contributed by atoms with van der Waals surface area (Å²) in [6.07, 6.45) is 0. The fourth-order valence-corrected chi connectivity index (χ4v) is 1.80. The van der Waals surface area contributed by atoms with Crippen LogP contribution in [0.25, 0.3) is 0 Å². The van der Waals surface area contributed by atoms with Crippen LogP contribution in [0.3, 0.4) is 0 Å². The van der Waals surface area contributed by atoms with Crippen LogP contribution < -0.4 is 9.64 Å². The molecule has 5 nitrogen and oxygen atoms in total. The standard InChI is InChI=1S/C11H13ClN2O3/c1-8(15)17-9-2-3-10(13-11(9)12)14-4-6-16-7-5-14/h2-3H,4-7H2,1H3. The van der Waals surface area contributed by atoms with E-state index in [2.05, 4.69) is 9.88 Å². The fourth-order valence-electron chi connectivity index (χ4n) is 1.61. The summed E-state index contributed by atoms with van der Waals surface area (Å²) >= 11 is 5.95. The second-order valence-corrected chi connectivity index (χ2v) is 4.01. The molecule has 6 heteroatoms. The highest BCUT2D eigenvalue weighted by atomic mass is 35.5. The van der Waals surface area contributed by atoms with Crippen molar-refractivity contribution >= 4 is 23.4 Å². The number of anilines is 1. The van der Waals surface area contributed by atoms with E-state index < -0.39 is 5.97 Å². The summed E-state index contributed by atoms with van der Waals surface area (Å²) in [6.45, 7) is 4.27. The first-order valence-electron chi connectivity index (χ1n) is 5.34. The first-order valence-corrected chi connectivity index (χ1v) is 5.72. The minimum absolute atomic E-state index is 0.198. The van der Waals surface area contributed by atoms with E-state index in [9.17, 15) is 4.79 Å². The molecule has 0 spiro atoms. The van der Waals surface area contributed by atoms with E-state index >= 15 is 0 Å². The summed E-state index contributed by atoms with van der Waals surface area (Å²) in [6, 6.07) is 3.44. The maximum absolute atomic E-state index is 10.8. The lowest BCUT2D eigenvalue weighted by atomic mass is 10.3. The Hall–Kier alpha value is -1.33. The lowest BCUT2D eigenvalue weighted by Crippen LogP contribution is -2.36. The number of carbonyl (C=O) groups excluding carboxylic acids is 1. The Morgan fingerprint density at radius 3 is 2.76 bits per heavy atom. The summed E-state index contributed by atoms with van der Waals surface area (Å²) in [5.41, 5.74) is 0. The number of pyridine rings is 1. The number of hydrogen-bond donors (Lipinski definition) is 0. The minimum atomic E-state index is -0.409. The van der Waals surface area contributed by atoms with Crippen LogP contribution in [0.1, 0.15) is 6.92 Å². The smallest absolute Gasteiger partial charge is 0.308 e. The highest BCUT2D eigenvalue weighted by molar-refractivity contribution is 6.31. The van der Waals surface area contributed by atoms with Gasteiger partial charge in [-0.3, -0.25) is 4.79 Å². The molecule has 17 heavy (non-hydrogen) atoms. The Bertz CT molecular complexity index is 419. The van der Waals surface area contributed by atoms with Gasteiger partial charge in [0, 0.05) is 20.0 Å². The molecule has 1 saturated heterocycles. The molecule has 2 rings (SSSR count). The third-order valence-electron chi connectivity index (χ3n) is 2.39. The van der Waals surface area contributed by atoms with Crippen molar-refractivity contribution in [1.29, 1.82) is 0 Å². The van der Waals surface area contributed by atoms with Gasteiger partial charge in [-0.2, -0.15) is 0 Å². The van der Waals surface area contributed by atoms with Crippen LogP contribution in [-0.4, -0.2) is 37.3 Å². The van der Waals surface area contributed by atoms with E-state index in [-0.39, 0.29) is 10.9 Å². The summed E-state index contributed by atoms with van der Waals surface area (Å²) in [5.74, 6) is 0.651. The first kappa shape index (κ1) is 12.1. The largest absolute Gasteiger partial charge is 0.423 e. The van der Waals surface area contributed by atoms with Crippen molar-refractivity contribution in [3.63, 3.8) is 0 Å². The van der Waals surface area contributed by atoms with Gasteiger partial charge in [-0.05, 0) is 12.1 Å². The zero-order valence-electron chi connectivity index (χ0n) is 9.48. The van der Waals surface area contributed by atoms with Gasteiger partial charge in [-0.15, -0.1) is 0 Å². The average Bonchev–Trinajstić information content (AvgIpc) is 2.32. The molecular formula is C11H13ClN2O3. The number of hydrogen-bond acceptors (Lipinski definition) is 5. The zero-order valence-corrected chi connectivity index (χ0v) is 10.2. The maximum Gasteiger partial charge on any atom is 0.308 e. The van der Waals surface area contributed by atoms with Crippen LogP contribution >= 0.6 is 11.6 Å². The predicted molar refractivity (Wildman–Crippen MR) is 63.6 cm³/mol. The molecule has 1 aromatic rings. The number of morpholine rings is 1. The van der Waals surface area contributed by atoms with Crippen LogP contribution in [0.2, 0.25) is 5.15 Å². The quantitative estimate of drug-likeness (QED) is 0.593. The number of halogens is 1. The molecular weight excluding hydrogens is 244 g/mol. The summed E-state index contributed by atoms with van der Waals surface area (Å²) in [4.78, 5) is 17.1. The Morgan fingerprint density at radius 1 is 1.47 bits per heavy atom. The van der Waals surface area contributed by atoms with Gasteiger partial charge in [0.15, 0.2) is 10.9 Å². The summed E-state index contributed by atoms with van der Waals surface area (Å²) < 4.78 is 10.2. The maximum atomic E-state index is 10.8. The Kier molecular flexibility index (Phi) is 3.81. The molecule has 0 unspecified atom stereocenters. The molecule has 0 radical (unpaired) electrons. The molecule has 0 aliphatic carbocycles. The minimum Gasteiger partial charge on any atom is -0.423 e. The van der Waals surface area contributed by atoms with Crippen LogP contribution in [-0.2, 0) is 9.53 Å². The lowest BCUT2D eigenvalue weighted by Gasteiger charge is -2.27. The lowest BCUT2D eigenvalue weighted by molar-refractivity contribution is -0.131. The number of esters is 1. The van der Waals surface area contributed by atoms with Crippen LogP contribution in [0.5, 0.6) is 5.75 Å². The van der Waals surface area contributed by atoms with E-state index in [0.717, 1.165) is 18.9 Å². The molecule has 92 valence electrons. The predicted octanol–water partition coefficient (Wildman–Crippen LogP) is 1.50. The molecule has 1 aliphatic rings. The van der Waals surface area contributed by atoms with Gasteiger partial charge >= 0.3 is 5.97 Å². The Balaban J connectivity index is 2.14. The van der Waals surface area contributed by atoms with Crippen LogP contribution in [0.4, 0.5) is 5.82 Å². The van der Waals surface area contributed by atoms with E-state index in [1.54, 1.807) is 12.1 Å². The SMILES string of the molecule is CC(=O)Oc1ccc(N2CCOCC2)nc1Cl. The molecule has 0 bridgehead atoms. The van der Waals surface area contributed by atoms with E-state index in [0.29, 0.717) is 13.2 Å². The topological polar surface area (TPSA) is 51.7 Å². The van der Waals surface area contributed by atoms with E-state index in [1.165, 1.54) is 6.92 Å². The molecule has 1 fully saturated rings. The van der Waals surface area contributed by atoms with Crippen molar-refractivity contribution in [2.24, 2.45) is 0 Å². The van der Waals surface area contributed by atoms with Crippen molar-refractivity contribution < 1.29 is 14.3 Å². The highest BCUT2D eigenvalue weighted by Gasteiger charge is 2.14. The van der Waals surface area contributed by atoms with Gasteiger partial charge in [-0.1, -0.05) is 11.6 Å². The zero-order chi connectivity index (χ0) is 12.3. The first-order chi connectivity index (χ1) is 8.16. The number of ether oxygens (including phenoxy) is 2. The molecule has 0 N–H and O–H groups in total. The van der Waals surface area contributed by atoms with Gasteiger partial charge in [0.1, 0.15) is 5.82 Å². The summed E-state index contributed by atoms with van der Waals surface area (Å²) in [5, 5.41) is 0.198.